The maximum Gasteiger partial charge on any atom is 0.230 e. The molecule has 0 spiro atoms. The van der Waals surface area contributed by atoms with Crippen molar-refractivity contribution in [1.82, 2.24) is 14.9 Å². The average molecular weight is 489 g/mol. The molecule has 0 aliphatic rings. The molecule has 178 valence electrons. The van der Waals surface area contributed by atoms with E-state index in [1.807, 2.05) is 42.6 Å². The largest absolute Gasteiger partial charge is 1.00 e. The Morgan fingerprint density at radius 3 is 2.55 bits per heavy atom. The summed E-state index contributed by atoms with van der Waals surface area (Å²) in [5, 5.41) is 3.88. The number of hydrogen-bond acceptors (Lipinski definition) is 5. The van der Waals surface area contributed by atoms with Gasteiger partial charge >= 0.3 is 0 Å². The molecule has 0 bridgehead atoms. The molecule has 0 atom stereocenters. The van der Waals surface area contributed by atoms with Crippen molar-refractivity contribution in [3.8, 4) is 22.8 Å². The van der Waals surface area contributed by atoms with E-state index in [0.717, 1.165) is 47.8 Å². The van der Waals surface area contributed by atoms with Gasteiger partial charge in [-0.2, -0.15) is 0 Å². The molecule has 0 unspecified atom stereocenters. The lowest BCUT2D eigenvalue weighted by atomic mass is 10.1. The minimum absolute atomic E-state index is 0. The van der Waals surface area contributed by atoms with Crippen molar-refractivity contribution in [2.24, 2.45) is 0 Å². The molecule has 0 saturated heterocycles. The molecule has 0 radical (unpaired) electrons. The van der Waals surface area contributed by atoms with Crippen LogP contribution in [0.1, 0.15) is 25.3 Å². The number of rotatable bonds is 12. The minimum atomic E-state index is 0. The van der Waals surface area contributed by atoms with E-state index in [1.54, 1.807) is 14.2 Å². The van der Waals surface area contributed by atoms with Gasteiger partial charge in [-0.15, -0.1) is 0 Å². The third kappa shape index (κ3) is 7.44. The van der Waals surface area contributed by atoms with Crippen molar-refractivity contribution in [3.05, 3.63) is 60.3 Å². The highest BCUT2D eigenvalue weighted by molar-refractivity contribution is 7.99. The highest BCUT2D eigenvalue weighted by atomic mass is 35.5. The predicted octanol–water partition coefficient (Wildman–Crippen LogP) is 1.82. The summed E-state index contributed by atoms with van der Waals surface area (Å²) in [7, 11) is 3.24. The molecule has 8 heteroatoms. The molecule has 1 N–H and O–H groups in total. The lowest BCUT2D eigenvalue weighted by Gasteiger charge is -2.12. The summed E-state index contributed by atoms with van der Waals surface area (Å²) in [4.78, 5) is 17.0. The number of aromatic nitrogens is 2. The van der Waals surface area contributed by atoms with Crippen LogP contribution in [0.4, 0.5) is 0 Å². The molecular weight excluding hydrogens is 458 g/mol. The molecule has 3 rings (SSSR count). The molecule has 0 aliphatic heterocycles. The van der Waals surface area contributed by atoms with Crippen LogP contribution in [0.3, 0.4) is 0 Å². The van der Waals surface area contributed by atoms with Crippen molar-refractivity contribution < 1.29 is 26.7 Å². The van der Waals surface area contributed by atoms with E-state index in [-0.39, 0.29) is 18.3 Å². The number of nitrogens with one attached hydrogen (secondary N) is 1. The topological polar surface area (TPSA) is 65.4 Å². The molecule has 0 saturated carbocycles. The second-order valence-electron chi connectivity index (χ2n) is 7.38. The van der Waals surface area contributed by atoms with Gasteiger partial charge in [0.1, 0.15) is 0 Å². The number of imidazole rings is 1. The van der Waals surface area contributed by atoms with Gasteiger partial charge in [0, 0.05) is 13.1 Å². The number of methoxy groups -OCH3 is 2. The van der Waals surface area contributed by atoms with Crippen molar-refractivity contribution in [2.75, 3.05) is 26.5 Å². The molecular formula is C25H31ClN3O3S-. The van der Waals surface area contributed by atoms with Crippen molar-refractivity contribution in [3.63, 3.8) is 0 Å². The van der Waals surface area contributed by atoms with E-state index >= 15 is 0 Å². The monoisotopic (exact) mass is 488 g/mol. The standard InChI is InChI=1S/C25H31N3O3S.ClH/c1-4-5-15-28-21(20-9-7-6-8-10-20)17-27-25(28)32-18-24(29)26-14-13-19-11-12-22(30-2)23(16-19)31-3;/h6-12,16-17H,4-5,13-15,18H2,1-3H3,(H,26,29);1H/p-1. The highest BCUT2D eigenvalue weighted by Gasteiger charge is 2.13. The number of carbonyl (C=O) groups excluding carboxylic acids is 1. The zero-order valence-electron chi connectivity index (χ0n) is 19.3. The van der Waals surface area contributed by atoms with E-state index < -0.39 is 0 Å². The molecule has 1 heterocycles. The van der Waals surface area contributed by atoms with Crippen LogP contribution in [0.25, 0.3) is 11.3 Å². The summed E-state index contributed by atoms with van der Waals surface area (Å²) in [5.41, 5.74) is 3.32. The first-order chi connectivity index (χ1) is 15.7. The van der Waals surface area contributed by atoms with Gasteiger partial charge in [-0.05, 0) is 36.1 Å². The smallest absolute Gasteiger partial charge is 0.230 e. The Morgan fingerprint density at radius 2 is 1.85 bits per heavy atom. The van der Waals surface area contributed by atoms with Gasteiger partial charge in [-0.25, -0.2) is 4.98 Å². The number of carbonyl (C=O) groups is 1. The minimum Gasteiger partial charge on any atom is -1.00 e. The fourth-order valence-electron chi connectivity index (χ4n) is 3.41. The summed E-state index contributed by atoms with van der Waals surface area (Å²) in [6.45, 7) is 3.64. The van der Waals surface area contributed by atoms with Gasteiger partial charge < -0.3 is 31.8 Å². The van der Waals surface area contributed by atoms with Crippen molar-refractivity contribution >= 4 is 17.7 Å². The SMILES string of the molecule is CCCCn1c(-c2ccccc2)cnc1SCC(=O)NCCc1ccc(OC)c(OC)c1.[Cl-]. The van der Waals surface area contributed by atoms with Gasteiger partial charge in [0.05, 0.1) is 31.9 Å². The Hall–Kier alpha value is -2.64. The van der Waals surface area contributed by atoms with Crippen LogP contribution in [-0.2, 0) is 17.8 Å². The maximum atomic E-state index is 12.4. The Balaban J connectivity index is 0.00000385. The predicted molar refractivity (Wildman–Crippen MR) is 130 cm³/mol. The summed E-state index contributed by atoms with van der Waals surface area (Å²) in [6.07, 6.45) is 4.80. The number of thioether (sulfide) groups is 1. The van der Waals surface area contributed by atoms with Gasteiger partial charge in [-0.1, -0.05) is 61.5 Å². The third-order valence-electron chi connectivity index (χ3n) is 5.14. The van der Waals surface area contributed by atoms with Crippen LogP contribution in [0, 0.1) is 0 Å². The first-order valence-electron chi connectivity index (χ1n) is 10.9. The van der Waals surface area contributed by atoms with E-state index in [1.165, 1.54) is 11.8 Å². The summed E-state index contributed by atoms with van der Waals surface area (Å²) in [6, 6.07) is 16.1. The lowest BCUT2D eigenvalue weighted by Crippen LogP contribution is -3.00. The van der Waals surface area contributed by atoms with Gasteiger partial charge in [0.25, 0.3) is 0 Å². The van der Waals surface area contributed by atoms with E-state index in [9.17, 15) is 4.79 Å². The Labute approximate surface area is 206 Å². The normalized spacial score (nSPS) is 10.4. The van der Waals surface area contributed by atoms with Crippen molar-refractivity contribution in [2.45, 2.75) is 37.9 Å². The van der Waals surface area contributed by atoms with E-state index in [0.29, 0.717) is 23.8 Å². The molecule has 2 aromatic carbocycles. The van der Waals surface area contributed by atoms with Crippen LogP contribution in [0.15, 0.2) is 59.9 Å². The quantitative estimate of drug-likeness (QED) is 0.394. The molecule has 3 aromatic rings. The zero-order valence-corrected chi connectivity index (χ0v) is 20.9. The number of amides is 1. The number of halogens is 1. The number of nitrogens with zero attached hydrogens (tertiary/aromatic N) is 2. The Morgan fingerprint density at radius 1 is 1.09 bits per heavy atom. The van der Waals surface area contributed by atoms with Crippen LogP contribution in [0.5, 0.6) is 11.5 Å². The van der Waals surface area contributed by atoms with Crippen molar-refractivity contribution in [1.29, 1.82) is 0 Å². The summed E-state index contributed by atoms with van der Waals surface area (Å²) < 4.78 is 12.8. The zero-order chi connectivity index (χ0) is 22.8. The number of ether oxygens (including phenoxy) is 2. The molecule has 1 amide bonds. The second-order valence-corrected chi connectivity index (χ2v) is 8.32. The van der Waals surface area contributed by atoms with E-state index in [2.05, 4.69) is 33.9 Å². The first kappa shape index (κ1) is 26.6. The fourth-order valence-corrected chi connectivity index (χ4v) is 4.24. The number of unbranched alkanes of at least 4 members (excludes halogenated alkanes) is 1. The van der Waals surface area contributed by atoms with Gasteiger partial charge in [-0.3, -0.25) is 4.79 Å². The average Bonchev–Trinajstić information content (AvgIpc) is 3.24. The molecule has 6 nitrogen and oxygen atoms in total. The Kier molecular flexibility index (Phi) is 11.1. The van der Waals surface area contributed by atoms with Crippen LogP contribution in [0.2, 0.25) is 0 Å². The summed E-state index contributed by atoms with van der Waals surface area (Å²) in [5.74, 6) is 1.73. The summed E-state index contributed by atoms with van der Waals surface area (Å²) >= 11 is 1.48. The van der Waals surface area contributed by atoms with E-state index in [4.69, 9.17) is 9.47 Å². The van der Waals surface area contributed by atoms with Crippen LogP contribution in [-0.4, -0.2) is 42.0 Å². The number of benzene rings is 2. The van der Waals surface area contributed by atoms with Gasteiger partial charge in [0.2, 0.25) is 5.91 Å². The number of hydrogen-bond donors (Lipinski definition) is 1. The van der Waals surface area contributed by atoms with Gasteiger partial charge in [0.15, 0.2) is 16.7 Å². The molecule has 33 heavy (non-hydrogen) atoms. The third-order valence-corrected chi connectivity index (χ3v) is 6.13. The first-order valence-corrected chi connectivity index (χ1v) is 11.9. The maximum absolute atomic E-state index is 12.4. The van der Waals surface area contributed by atoms with Crippen LogP contribution >= 0.6 is 11.8 Å². The Bertz CT molecular complexity index is 1010. The second kappa shape index (κ2) is 13.8. The highest BCUT2D eigenvalue weighted by Crippen LogP contribution is 2.28. The molecule has 1 aromatic heterocycles. The lowest BCUT2D eigenvalue weighted by molar-refractivity contribution is -0.118. The fraction of sp³-hybridized carbons (Fsp3) is 0.360. The molecule has 0 fully saturated rings. The molecule has 0 aliphatic carbocycles. The van der Waals surface area contributed by atoms with Crippen LogP contribution < -0.4 is 27.2 Å².